The van der Waals surface area contributed by atoms with Gasteiger partial charge in [-0.3, -0.25) is 4.79 Å². The fraction of sp³-hybridized carbons (Fsp3) is 0.350. The van der Waals surface area contributed by atoms with E-state index in [0.717, 1.165) is 16.7 Å². The van der Waals surface area contributed by atoms with E-state index in [4.69, 9.17) is 0 Å². The number of aliphatic hydroxyl groups excluding tert-OH is 1. The summed E-state index contributed by atoms with van der Waals surface area (Å²) in [6.07, 6.45) is 0.218. The molecule has 0 spiro atoms. The molecule has 0 aromatic heterocycles. The number of rotatable bonds is 6. The van der Waals surface area contributed by atoms with Crippen LogP contribution in [0.1, 0.15) is 46.3 Å². The highest BCUT2D eigenvalue weighted by Gasteiger charge is 2.16. The van der Waals surface area contributed by atoms with Crippen molar-refractivity contribution < 1.29 is 9.90 Å². The minimum absolute atomic E-state index is 0.0611. The summed E-state index contributed by atoms with van der Waals surface area (Å²) < 4.78 is 0. The van der Waals surface area contributed by atoms with Crippen molar-refractivity contribution in [3.05, 3.63) is 70.8 Å². The third-order valence-electron chi connectivity index (χ3n) is 4.03. The highest BCUT2D eigenvalue weighted by atomic mass is 16.3. The van der Waals surface area contributed by atoms with Crippen LogP contribution in [0.3, 0.4) is 0 Å². The van der Waals surface area contributed by atoms with E-state index >= 15 is 0 Å². The molecular formula is C20H25NO2. The molecular weight excluding hydrogens is 286 g/mol. The van der Waals surface area contributed by atoms with Gasteiger partial charge in [0.05, 0.1) is 6.10 Å². The molecule has 0 aliphatic rings. The van der Waals surface area contributed by atoms with Gasteiger partial charge in [0, 0.05) is 18.0 Å². The average molecular weight is 311 g/mol. The molecule has 2 rings (SSSR count). The number of carbonyl (C=O) groups is 1. The van der Waals surface area contributed by atoms with Crippen LogP contribution in [0, 0.1) is 13.8 Å². The number of carbonyl (C=O) groups excluding carboxylic acids is 1. The topological polar surface area (TPSA) is 49.3 Å². The number of aliphatic hydroxyl groups is 1. The van der Waals surface area contributed by atoms with Gasteiger partial charge in [-0.1, -0.05) is 48.0 Å². The van der Waals surface area contributed by atoms with E-state index in [9.17, 15) is 9.90 Å². The summed E-state index contributed by atoms with van der Waals surface area (Å²) in [5, 5.41) is 12.7. The maximum absolute atomic E-state index is 12.4. The van der Waals surface area contributed by atoms with Crippen molar-refractivity contribution in [2.45, 2.75) is 39.2 Å². The molecule has 2 unspecified atom stereocenters. The standard InChI is InChI=1S/C20H25NO2/c1-14-9-10-19(15(2)11-14)20(23)21-13-18(12-16(3)22)17-7-5-4-6-8-17/h4-11,16,18,22H,12-13H2,1-3H3,(H,21,23). The third kappa shape index (κ3) is 4.93. The minimum atomic E-state index is -0.404. The summed E-state index contributed by atoms with van der Waals surface area (Å²) in [5.41, 5.74) is 3.97. The molecule has 0 aliphatic carbocycles. The zero-order valence-electron chi connectivity index (χ0n) is 14.0. The summed E-state index contributed by atoms with van der Waals surface area (Å²) in [6.45, 7) is 6.26. The number of nitrogens with one attached hydrogen (secondary N) is 1. The molecule has 2 N–H and O–H groups in total. The van der Waals surface area contributed by atoms with E-state index in [2.05, 4.69) is 5.32 Å². The first-order valence-corrected chi connectivity index (χ1v) is 8.06. The molecule has 0 bridgehead atoms. The summed E-state index contributed by atoms with van der Waals surface area (Å²) in [5.74, 6) is 0.0416. The van der Waals surface area contributed by atoms with Gasteiger partial charge in [-0.25, -0.2) is 0 Å². The van der Waals surface area contributed by atoms with Gasteiger partial charge in [-0.2, -0.15) is 0 Å². The molecule has 0 radical (unpaired) electrons. The van der Waals surface area contributed by atoms with Gasteiger partial charge in [0.15, 0.2) is 0 Å². The molecule has 3 heteroatoms. The first-order valence-electron chi connectivity index (χ1n) is 8.06. The van der Waals surface area contributed by atoms with Gasteiger partial charge < -0.3 is 10.4 Å². The lowest BCUT2D eigenvalue weighted by atomic mass is 9.93. The van der Waals surface area contributed by atoms with E-state index in [0.29, 0.717) is 18.5 Å². The van der Waals surface area contributed by atoms with Crippen molar-refractivity contribution in [2.24, 2.45) is 0 Å². The quantitative estimate of drug-likeness (QED) is 0.856. The van der Waals surface area contributed by atoms with Gasteiger partial charge >= 0.3 is 0 Å². The molecule has 1 amide bonds. The number of benzene rings is 2. The third-order valence-corrected chi connectivity index (χ3v) is 4.03. The Morgan fingerprint density at radius 3 is 2.43 bits per heavy atom. The van der Waals surface area contributed by atoms with Crippen molar-refractivity contribution in [2.75, 3.05) is 6.54 Å². The van der Waals surface area contributed by atoms with Gasteiger partial charge in [0.25, 0.3) is 5.91 Å². The molecule has 3 nitrogen and oxygen atoms in total. The van der Waals surface area contributed by atoms with Crippen LogP contribution in [0.5, 0.6) is 0 Å². The van der Waals surface area contributed by atoms with Crippen molar-refractivity contribution in [3.8, 4) is 0 Å². The van der Waals surface area contributed by atoms with Gasteiger partial charge in [0.1, 0.15) is 0 Å². The smallest absolute Gasteiger partial charge is 0.251 e. The Morgan fingerprint density at radius 1 is 1.13 bits per heavy atom. The Bertz CT molecular complexity index is 650. The van der Waals surface area contributed by atoms with Gasteiger partial charge in [-0.05, 0) is 44.4 Å². The normalized spacial score (nSPS) is 13.4. The highest BCUT2D eigenvalue weighted by Crippen LogP contribution is 2.21. The highest BCUT2D eigenvalue weighted by molar-refractivity contribution is 5.95. The largest absolute Gasteiger partial charge is 0.393 e. The second kappa shape index (κ2) is 7.93. The second-order valence-corrected chi connectivity index (χ2v) is 6.22. The Kier molecular flexibility index (Phi) is 5.94. The number of amides is 1. The lowest BCUT2D eigenvalue weighted by Gasteiger charge is -2.20. The predicted molar refractivity (Wildman–Crippen MR) is 93.7 cm³/mol. The summed E-state index contributed by atoms with van der Waals surface area (Å²) >= 11 is 0. The van der Waals surface area contributed by atoms with E-state index in [1.54, 1.807) is 6.92 Å². The van der Waals surface area contributed by atoms with Crippen LogP contribution in [0.15, 0.2) is 48.5 Å². The Hall–Kier alpha value is -2.13. The molecule has 2 aromatic carbocycles. The summed E-state index contributed by atoms with van der Waals surface area (Å²) in [6, 6.07) is 15.8. The van der Waals surface area contributed by atoms with Crippen LogP contribution in [0.25, 0.3) is 0 Å². The van der Waals surface area contributed by atoms with Gasteiger partial charge in [-0.15, -0.1) is 0 Å². The fourth-order valence-electron chi connectivity index (χ4n) is 2.85. The van der Waals surface area contributed by atoms with E-state index < -0.39 is 6.10 Å². The molecule has 0 heterocycles. The van der Waals surface area contributed by atoms with Crippen LogP contribution in [0.2, 0.25) is 0 Å². The van der Waals surface area contributed by atoms with Crippen LogP contribution in [-0.2, 0) is 0 Å². The molecule has 0 aliphatic heterocycles. The predicted octanol–water partition coefficient (Wildman–Crippen LogP) is 3.59. The Labute approximate surface area is 138 Å². The van der Waals surface area contributed by atoms with Crippen LogP contribution in [0.4, 0.5) is 0 Å². The summed E-state index contributed by atoms with van der Waals surface area (Å²) in [7, 11) is 0. The number of hydrogen-bond acceptors (Lipinski definition) is 2. The van der Waals surface area contributed by atoms with Crippen LogP contribution in [-0.4, -0.2) is 23.7 Å². The van der Waals surface area contributed by atoms with E-state index in [1.807, 2.05) is 62.4 Å². The zero-order valence-corrected chi connectivity index (χ0v) is 14.0. The molecule has 2 atom stereocenters. The molecule has 0 fully saturated rings. The molecule has 0 saturated heterocycles. The minimum Gasteiger partial charge on any atom is -0.393 e. The fourth-order valence-corrected chi connectivity index (χ4v) is 2.85. The van der Waals surface area contributed by atoms with Crippen LogP contribution < -0.4 is 5.32 Å². The molecule has 2 aromatic rings. The van der Waals surface area contributed by atoms with Crippen molar-refractivity contribution in [1.82, 2.24) is 5.32 Å². The monoisotopic (exact) mass is 311 g/mol. The Morgan fingerprint density at radius 2 is 1.83 bits per heavy atom. The summed E-state index contributed by atoms with van der Waals surface area (Å²) in [4.78, 5) is 12.4. The van der Waals surface area contributed by atoms with Crippen molar-refractivity contribution in [1.29, 1.82) is 0 Å². The molecule has 0 saturated carbocycles. The van der Waals surface area contributed by atoms with Crippen molar-refractivity contribution >= 4 is 5.91 Å². The van der Waals surface area contributed by atoms with Gasteiger partial charge in [0.2, 0.25) is 0 Å². The molecule has 122 valence electrons. The van der Waals surface area contributed by atoms with Crippen LogP contribution >= 0.6 is 0 Å². The maximum atomic E-state index is 12.4. The zero-order chi connectivity index (χ0) is 16.8. The van der Waals surface area contributed by atoms with Crippen molar-refractivity contribution in [3.63, 3.8) is 0 Å². The molecule has 23 heavy (non-hydrogen) atoms. The average Bonchev–Trinajstić information content (AvgIpc) is 2.51. The first kappa shape index (κ1) is 17.2. The first-order chi connectivity index (χ1) is 11.0. The number of aryl methyl sites for hydroxylation is 2. The van der Waals surface area contributed by atoms with E-state index in [-0.39, 0.29) is 11.8 Å². The number of hydrogen-bond donors (Lipinski definition) is 2. The Balaban J connectivity index is 2.07. The van der Waals surface area contributed by atoms with E-state index in [1.165, 1.54) is 0 Å². The lowest BCUT2D eigenvalue weighted by molar-refractivity contribution is 0.0945. The maximum Gasteiger partial charge on any atom is 0.251 e. The lowest BCUT2D eigenvalue weighted by Crippen LogP contribution is -2.30. The second-order valence-electron chi connectivity index (χ2n) is 6.22. The SMILES string of the molecule is Cc1ccc(C(=O)NCC(CC(C)O)c2ccccc2)c(C)c1.